The van der Waals surface area contributed by atoms with Gasteiger partial charge in [-0.25, -0.2) is 13.4 Å². The monoisotopic (exact) mass is 428 g/mol. The van der Waals surface area contributed by atoms with Crippen molar-refractivity contribution in [1.82, 2.24) is 9.29 Å². The van der Waals surface area contributed by atoms with Crippen molar-refractivity contribution < 1.29 is 13.2 Å². The highest BCUT2D eigenvalue weighted by Crippen LogP contribution is 2.21. The van der Waals surface area contributed by atoms with Gasteiger partial charge >= 0.3 is 0 Å². The third-order valence-corrected chi connectivity index (χ3v) is 6.94. The molecular weight excluding hydrogens is 400 g/mol. The maximum atomic E-state index is 12.8. The lowest BCUT2D eigenvalue weighted by molar-refractivity contribution is -0.111. The molecule has 30 heavy (non-hydrogen) atoms. The zero-order valence-corrected chi connectivity index (χ0v) is 18.2. The first kappa shape index (κ1) is 22.0. The van der Waals surface area contributed by atoms with Crippen molar-refractivity contribution in [3.63, 3.8) is 0 Å². The molecule has 0 spiro atoms. The average molecular weight is 429 g/mol. The number of sulfonamides is 1. The molecule has 1 aromatic heterocycles. The summed E-state index contributed by atoms with van der Waals surface area (Å²) in [5, 5.41) is 2.70. The number of rotatable bonds is 6. The first-order valence-electron chi connectivity index (χ1n) is 10.1. The second-order valence-electron chi connectivity index (χ2n) is 7.51. The summed E-state index contributed by atoms with van der Waals surface area (Å²) in [6, 6.07) is 10.2. The molecule has 0 bridgehead atoms. The van der Waals surface area contributed by atoms with Gasteiger partial charge in [0, 0.05) is 33.3 Å². The minimum atomic E-state index is -3.47. The van der Waals surface area contributed by atoms with Gasteiger partial charge in [-0.05, 0) is 48.7 Å². The molecule has 160 valence electrons. The number of anilines is 2. The fourth-order valence-corrected chi connectivity index (χ4v) is 4.76. The zero-order valence-electron chi connectivity index (χ0n) is 17.4. The van der Waals surface area contributed by atoms with Gasteiger partial charge in [-0.3, -0.25) is 4.79 Å². The summed E-state index contributed by atoms with van der Waals surface area (Å²) in [4.78, 5) is 18.5. The zero-order chi connectivity index (χ0) is 21.6. The predicted molar refractivity (Wildman–Crippen MR) is 120 cm³/mol. The molecule has 1 fully saturated rings. The number of hydrogen-bond donors (Lipinski definition) is 1. The topological polar surface area (TPSA) is 82.6 Å². The molecule has 2 heterocycles. The molecule has 1 aliphatic heterocycles. The van der Waals surface area contributed by atoms with Crippen molar-refractivity contribution in [3.05, 3.63) is 54.2 Å². The number of aromatic nitrogens is 1. The summed E-state index contributed by atoms with van der Waals surface area (Å²) in [6.07, 6.45) is 8.69. The third kappa shape index (κ3) is 5.67. The van der Waals surface area contributed by atoms with E-state index in [1.54, 1.807) is 46.9 Å². The fourth-order valence-electron chi connectivity index (χ4n) is 3.25. The van der Waals surface area contributed by atoms with E-state index in [9.17, 15) is 13.2 Å². The van der Waals surface area contributed by atoms with Crippen LogP contribution >= 0.6 is 0 Å². The van der Waals surface area contributed by atoms with Crippen LogP contribution in [0.25, 0.3) is 6.08 Å². The first-order chi connectivity index (χ1) is 14.4. The molecule has 0 saturated carbocycles. The van der Waals surface area contributed by atoms with Crippen LogP contribution in [-0.4, -0.2) is 50.8 Å². The Morgan fingerprint density at radius 2 is 1.70 bits per heavy atom. The lowest BCUT2D eigenvalue weighted by Gasteiger charge is -2.19. The summed E-state index contributed by atoms with van der Waals surface area (Å²) < 4.78 is 27.2. The third-order valence-electron chi connectivity index (χ3n) is 5.03. The van der Waals surface area contributed by atoms with Crippen molar-refractivity contribution >= 4 is 33.5 Å². The van der Waals surface area contributed by atoms with Crippen LogP contribution in [0.1, 0.15) is 31.2 Å². The first-order valence-corrected chi connectivity index (χ1v) is 11.5. The van der Waals surface area contributed by atoms with Crippen LogP contribution in [-0.2, 0) is 14.8 Å². The van der Waals surface area contributed by atoms with Crippen LogP contribution in [0.4, 0.5) is 11.5 Å². The normalized spacial score (nSPS) is 15.7. The van der Waals surface area contributed by atoms with E-state index in [2.05, 4.69) is 10.3 Å². The van der Waals surface area contributed by atoms with Crippen LogP contribution in [0.5, 0.6) is 0 Å². The summed E-state index contributed by atoms with van der Waals surface area (Å²) in [7, 11) is 0.373. The quantitative estimate of drug-likeness (QED) is 0.714. The van der Waals surface area contributed by atoms with Gasteiger partial charge in [0.1, 0.15) is 5.82 Å². The standard InChI is InChI=1S/C22H28N4O3S/c1-25(2)19-10-13-21(23-17-19)24-22(27)14-9-18-7-11-20(12-8-18)30(28,29)26-15-5-3-4-6-16-26/h7-14,17H,3-6,15-16H2,1-2H3,(H,23,24,27). The molecule has 0 atom stereocenters. The highest BCUT2D eigenvalue weighted by Gasteiger charge is 2.24. The number of pyridine rings is 1. The van der Waals surface area contributed by atoms with Gasteiger partial charge in [-0.2, -0.15) is 4.31 Å². The van der Waals surface area contributed by atoms with E-state index in [0.717, 1.165) is 36.9 Å². The summed E-state index contributed by atoms with van der Waals surface area (Å²) in [6.45, 7) is 1.15. The molecule has 0 radical (unpaired) electrons. The minimum Gasteiger partial charge on any atom is -0.376 e. The molecule has 0 aliphatic carbocycles. The van der Waals surface area contributed by atoms with Gasteiger partial charge in [0.15, 0.2) is 0 Å². The van der Waals surface area contributed by atoms with Gasteiger partial charge in [0.25, 0.3) is 0 Å². The maximum Gasteiger partial charge on any atom is 0.249 e. The number of hydrogen-bond acceptors (Lipinski definition) is 5. The summed E-state index contributed by atoms with van der Waals surface area (Å²) in [5.41, 5.74) is 1.69. The highest BCUT2D eigenvalue weighted by molar-refractivity contribution is 7.89. The molecule has 2 aromatic rings. The van der Waals surface area contributed by atoms with Gasteiger partial charge < -0.3 is 10.2 Å². The highest BCUT2D eigenvalue weighted by atomic mass is 32.2. The molecule has 1 aliphatic rings. The molecule has 1 N–H and O–H groups in total. The van der Waals surface area contributed by atoms with Crippen LogP contribution in [0, 0.1) is 0 Å². The van der Waals surface area contributed by atoms with Crippen molar-refractivity contribution in [1.29, 1.82) is 0 Å². The SMILES string of the molecule is CN(C)c1ccc(NC(=O)C=Cc2ccc(S(=O)(=O)N3CCCCCC3)cc2)nc1. The Morgan fingerprint density at radius 1 is 1.03 bits per heavy atom. The largest absolute Gasteiger partial charge is 0.376 e. The van der Waals surface area contributed by atoms with E-state index in [1.165, 1.54) is 6.08 Å². The Hall–Kier alpha value is -2.71. The van der Waals surface area contributed by atoms with E-state index in [0.29, 0.717) is 18.9 Å². The van der Waals surface area contributed by atoms with Gasteiger partial charge in [0.2, 0.25) is 15.9 Å². The predicted octanol–water partition coefficient (Wildman–Crippen LogP) is 3.36. The molecule has 7 nitrogen and oxygen atoms in total. The summed E-state index contributed by atoms with van der Waals surface area (Å²) in [5.74, 6) is 0.163. The molecule has 8 heteroatoms. The molecule has 0 unspecified atom stereocenters. The molecular formula is C22H28N4O3S. The number of nitrogens with one attached hydrogen (secondary N) is 1. The fraction of sp³-hybridized carbons (Fsp3) is 0.364. The van der Waals surface area contributed by atoms with Crippen LogP contribution in [0.15, 0.2) is 53.6 Å². The van der Waals surface area contributed by atoms with Crippen molar-refractivity contribution in [2.75, 3.05) is 37.4 Å². The number of amides is 1. The lowest BCUT2D eigenvalue weighted by atomic mass is 10.2. The van der Waals surface area contributed by atoms with Gasteiger partial charge in [0.05, 0.1) is 16.8 Å². The van der Waals surface area contributed by atoms with E-state index < -0.39 is 10.0 Å². The number of nitrogens with zero attached hydrogens (tertiary/aromatic N) is 3. The molecule has 1 aromatic carbocycles. The van der Waals surface area contributed by atoms with E-state index >= 15 is 0 Å². The van der Waals surface area contributed by atoms with E-state index in [-0.39, 0.29) is 10.8 Å². The molecule has 1 amide bonds. The Balaban J connectivity index is 1.61. The van der Waals surface area contributed by atoms with E-state index in [1.807, 2.05) is 25.1 Å². The van der Waals surface area contributed by atoms with Crippen molar-refractivity contribution in [3.8, 4) is 0 Å². The number of benzene rings is 1. The summed E-state index contributed by atoms with van der Waals surface area (Å²) >= 11 is 0. The van der Waals surface area contributed by atoms with Crippen LogP contribution in [0.2, 0.25) is 0 Å². The maximum absolute atomic E-state index is 12.8. The molecule has 1 saturated heterocycles. The second kappa shape index (κ2) is 9.86. The second-order valence-corrected chi connectivity index (χ2v) is 9.44. The Morgan fingerprint density at radius 3 is 2.27 bits per heavy atom. The van der Waals surface area contributed by atoms with Crippen LogP contribution in [0.3, 0.4) is 0 Å². The van der Waals surface area contributed by atoms with Gasteiger partial charge in [-0.15, -0.1) is 0 Å². The average Bonchev–Trinajstić information content (AvgIpc) is 3.03. The Bertz CT molecular complexity index is 976. The number of carbonyl (C=O) groups is 1. The molecule has 3 rings (SSSR count). The number of carbonyl (C=O) groups excluding carboxylic acids is 1. The van der Waals surface area contributed by atoms with Gasteiger partial charge in [-0.1, -0.05) is 25.0 Å². The lowest BCUT2D eigenvalue weighted by Crippen LogP contribution is -2.31. The Kier molecular flexibility index (Phi) is 7.23. The van der Waals surface area contributed by atoms with Crippen molar-refractivity contribution in [2.24, 2.45) is 0 Å². The minimum absolute atomic E-state index is 0.288. The smallest absolute Gasteiger partial charge is 0.249 e. The van der Waals surface area contributed by atoms with Crippen molar-refractivity contribution in [2.45, 2.75) is 30.6 Å². The van der Waals surface area contributed by atoms with Crippen LogP contribution < -0.4 is 10.2 Å². The van der Waals surface area contributed by atoms with E-state index in [4.69, 9.17) is 0 Å². The Labute approximate surface area is 178 Å².